The molecule has 228 valence electrons. The Hall–Kier alpha value is -3.58. The van der Waals surface area contributed by atoms with Crippen molar-refractivity contribution >= 4 is 17.5 Å². The number of alkyl halides is 5. The van der Waals surface area contributed by atoms with Crippen LogP contribution in [0.1, 0.15) is 98.4 Å². The smallest absolute Gasteiger partial charge is 0.349 e. The van der Waals surface area contributed by atoms with Gasteiger partial charge in [-0.1, -0.05) is 6.92 Å². The van der Waals surface area contributed by atoms with Gasteiger partial charge in [-0.15, -0.1) is 0 Å². The SMILES string of the molecule is CCCn1cc(C(=O)N[C@H](c2cn3ncc([C@@H](NC(=O)CCC(F)(F)F)C4CC4)cc3n2)C2CCC(F)(F)CC2)cn1. The molecule has 2 aliphatic rings. The molecule has 0 bridgehead atoms. The van der Waals surface area contributed by atoms with Crippen LogP contribution < -0.4 is 10.6 Å². The Morgan fingerprint density at radius 3 is 2.40 bits per heavy atom. The van der Waals surface area contributed by atoms with Crippen molar-refractivity contribution in [2.24, 2.45) is 11.8 Å². The summed E-state index contributed by atoms with van der Waals surface area (Å²) in [4.78, 5) is 30.2. The van der Waals surface area contributed by atoms with Crippen molar-refractivity contribution in [2.75, 3.05) is 0 Å². The topological polar surface area (TPSA) is 106 Å². The van der Waals surface area contributed by atoms with Crippen LogP contribution >= 0.6 is 0 Å². The standard InChI is InChI=1S/C28H34F5N7O2/c1-2-11-39-15-20(14-34-39)26(42)38-25(18-5-8-27(29,30)9-6-18)21-16-40-22(36-21)12-19(13-35-40)24(17-3-4-17)37-23(41)7-10-28(31,32)33/h12-18,24-25H,2-11H2,1H3,(H,37,41)(H,38,42)/t24-,25-/m0/s1. The van der Waals surface area contributed by atoms with Crippen molar-refractivity contribution < 1.29 is 31.5 Å². The molecule has 5 rings (SSSR count). The molecular weight excluding hydrogens is 561 g/mol. The van der Waals surface area contributed by atoms with Crippen LogP contribution in [0, 0.1) is 11.8 Å². The highest BCUT2D eigenvalue weighted by molar-refractivity contribution is 5.94. The molecule has 0 aliphatic heterocycles. The molecule has 0 aromatic carbocycles. The van der Waals surface area contributed by atoms with Crippen LogP contribution in [0.3, 0.4) is 0 Å². The molecule has 0 saturated heterocycles. The summed E-state index contributed by atoms with van der Waals surface area (Å²) >= 11 is 0. The average Bonchev–Trinajstić information content (AvgIpc) is 3.50. The summed E-state index contributed by atoms with van der Waals surface area (Å²) in [6.07, 6.45) is 2.34. The van der Waals surface area contributed by atoms with E-state index in [9.17, 15) is 31.5 Å². The third-order valence-corrected chi connectivity index (χ3v) is 7.95. The van der Waals surface area contributed by atoms with E-state index in [0.717, 1.165) is 19.3 Å². The Morgan fingerprint density at radius 2 is 1.74 bits per heavy atom. The van der Waals surface area contributed by atoms with Gasteiger partial charge in [0.05, 0.1) is 48.4 Å². The van der Waals surface area contributed by atoms with Crippen molar-refractivity contribution in [1.29, 1.82) is 0 Å². The van der Waals surface area contributed by atoms with Crippen molar-refractivity contribution in [3.8, 4) is 0 Å². The molecule has 9 nitrogen and oxygen atoms in total. The Morgan fingerprint density at radius 1 is 1.02 bits per heavy atom. The number of rotatable bonds is 11. The van der Waals surface area contributed by atoms with Crippen LogP contribution in [0.5, 0.6) is 0 Å². The number of aryl methyl sites for hydroxylation is 1. The first-order valence-corrected chi connectivity index (χ1v) is 14.3. The minimum atomic E-state index is -4.42. The zero-order valence-electron chi connectivity index (χ0n) is 23.2. The number of hydrogen-bond acceptors (Lipinski definition) is 5. The van der Waals surface area contributed by atoms with E-state index in [1.54, 1.807) is 29.3 Å². The third kappa shape index (κ3) is 7.43. The van der Waals surface area contributed by atoms with Gasteiger partial charge in [-0.3, -0.25) is 14.3 Å². The van der Waals surface area contributed by atoms with E-state index in [1.807, 2.05) is 6.92 Å². The van der Waals surface area contributed by atoms with E-state index in [-0.39, 0.29) is 43.4 Å². The molecule has 3 heterocycles. The Kier molecular flexibility index (Phi) is 8.51. The average molecular weight is 596 g/mol. The van der Waals surface area contributed by atoms with E-state index in [0.29, 0.717) is 29.0 Å². The van der Waals surface area contributed by atoms with Gasteiger partial charge < -0.3 is 10.6 Å². The molecule has 14 heteroatoms. The normalized spacial score (nSPS) is 19.0. The van der Waals surface area contributed by atoms with Gasteiger partial charge in [-0.25, -0.2) is 18.3 Å². The number of amides is 2. The summed E-state index contributed by atoms with van der Waals surface area (Å²) in [5.41, 5.74) is 1.84. The summed E-state index contributed by atoms with van der Waals surface area (Å²) in [5, 5.41) is 14.3. The second kappa shape index (κ2) is 12.0. The zero-order valence-corrected chi connectivity index (χ0v) is 23.2. The second-order valence-corrected chi connectivity index (χ2v) is 11.4. The van der Waals surface area contributed by atoms with Gasteiger partial charge in [0.2, 0.25) is 11.8 Å². The second-order valence-electron chi connectivity index (χ2n) is 11.4. The summed E-state index contributed by atoms with van der Waals surface area (Å²) < 4.78 is 68.9. The molecule has 0 unspecified atom stereocenters. The maximum absolute atomic E-state index is 14.0. The Labute approximate surface area is 239 Å². The summed E-state index contributed by atoms with van der Waals surface area (Å²) in [6, 6.07) is 0.556. The summed E-state index contributed by atoms with van der Waals surface area (Å²) in [6.45, 7) is 2.65. The van der Waals surface area contributed by atoms with Gasteiger partial charge in [-0.2, -0.15) is 23.4 Å². The number of nitrogens with zero attached hydrogens (tertiary/aromatic N) is 5. The molecule has 2 amide bonds. The number of halogens is 5. The number of hydrogen-bond donors (Lipinski definition) is 2. The molecule has 0 radical (unpaired) electrons. The van der Waals surface area contributed by atoms with E-state index >= 15 is 0 Å². The lowest BCUT2D eigenvalue weighted by molar-refractivity contribution is -0.144. The van der Waals surface area contributed by atoms with Crippen molar-refractivity contribution in [1.82, 2.24) is 35.0 Å². The van der Waals surface area contributed by atoms with Crippen LogP contribution in [0.15, 0.2) is 30.9 Å². The lowest BCUT2D eigenvalue weighted by Gasteiger charge is -2.33. The van der Waals surface area contributed by atoms with E-state index in [2.05, 4.69) is 20.8 Å². The van der Waals surface area contributed by atoms with Crippen LogP contribution in [-0.2, 0) is 11.3 Å². The van der Waals surface area contributed by atoms with Crippen LogP contribution in [0.4, 0.5) is 22.0 Å². The predicted octanol–water partition coefficient (Wildman–Crippen LogP) is 5.54. The van der Waals surface area contributed by atoms with Crippen molar-refractivity contribution in [3.63, 3.8) is 0 Å². The predicted molar refractivity (Wildman–Crippen MR) is 142 cm³/mol. The van der Waals surface area contributed by atoms with Crippen LogP contribution in [0.25, 0.3) is 5.65 Å². The number of fused-ring (bicyclic) bond motifs is 1. The lowest BCUT2D eigenvalue weighted by atomic mass is 9.81. The number of aromatic nitrogens is 5. The first kappa shape index (κ1) is 29.9. The van der Waals surface area contributed by atoms with Gasteiger partial charge in [0, 0.05) is 32.0 Å². The Balaban J connectivity index is 1.38. The van der Waals surface area contributed by atoms with E-state index in [1.165, 1.54) is 10.7 Å². The fourth-order valence-electron chi connectivity index (χ4n) is 5.52. The van der Waals surface area contributed by atoms with Crippen LogP contribution in [0.2, 0.25) is 0 Å². The molecule has 42 heavy (non-hydrogen) atoms. The quantitative estimate of drug-likeness (QED) is 0.283. The fraction of sp³-hybridized carbons (Fsp3) is 0.607. The zero-order chi connectivity index (χ0) is 30.1. The maximum Gasteiger partial charge on any atom is 0.389 e. The van der Waals surface area contributed by atoms with E-state index < -0.39 is 42.9 Å². The Bertz CT molecular complexity index is 1410. The van der Waals surface area contributed by atoms with Gasteiger partial charge in [0.15, 0.2) is 5.65 Å². The monoisotopic (exact) mass is 595 g/mol. The summed E-state index contributed by atoms with van der Waals surface area (Å²) in [5.74, 6) is -4.02. The largest absolute Gasteiger partial charge is 0.389 e. The number of carbonyl (C=O) groups excluding carboxylic acids is 2. The highest BCUT2D eigenvalue weighted by atomic mass is 19.4. The highest BCUT2D eigenvalue weighted by Crippen LogP contribution is 2.43. The first-order valence-electron chi connectivity index (χ1n) is 14.3. The highest BCUT2D eigenvalue weighted by Gasteiger charge is 2.40. The van der Waals surface area contributed by atoms with Crippen molar-refractivity contribution in [3.05, 3.63) is 47.7 Å². The summed E-state index contributed by atoms with van der Waals surface area (Å²) in [7, 11) is 0. The number of nitrogens with one attached hydrogen (secondary N) is 2. The molecular formula is C28H34F5N7O2. The molecule has 3 aromatic rings. The number of imidazole rings is 1. The minimum Gasteiger partial charge on any atom is -0.349 e. The van der Waals surface area contributed by atoms with Crippen LogP contribution in [-0.4, -0.2) is 48.3 Å². The van der Waals surface area contributed by atoms with Crippen molar-refractivity contribution in [2.45, 2.75) is 95.4 Å². The molecule has 2 fully saturated rings. The molecule has 3 aromatic heterocycles. The molecule has 2 atom stereocenters. The first-order chi connectivity index (χ1) is 19.9. The lowest BCUT2D eigenvalue weighted by Crippen LogP contribution is -2.37. The van der Waals surface area contributed by atoms with Gasteiger partial charge in [0.1, 0.15) is 0 Å². The minimum absolute atomic E-state index is 0.0862. The van der Waals surface area contributed by atoms with Gasteiger partial charge in [-0.05, 0) is 55.6 Å². The molecule has 2 aliphatic carbocycles. The molecule has 0 spiro atoms. The maximum atomic E-state index is 14.0. The molecule has 2 N–H and O–H groups in total. The fourth-order valence-corrected chi connectivity index (χ4v) is 5.52. The third-order valence-electron chi connectivity index (χ3n) is 7.95. The van der Waals surface area contributed by atoms with Gasteiger partial charge in [0.25, 0.3) is 5.91 Å². The number of carbonyl (C=O) groups is 2. The van der Waals surface area contributed by atoms with Gasteiger partial charge >= 0.3 is 6.18 Å². The van der Waals surface area contributed by atoms with E-state index in [4.69, 9.17) is 4.98 Å². The molecule has 2 saturated carbocycles.